The molecule has 0 amide bonds. The summed E-state index contributed by atoms with van der Waals surface area (Å²) in [6, 6.07) is 0. The summed E-state index contributed by atoms with van der Waals surface area (Å²) in [4.78, 5) is 6.20. The van der Waals surface area contributed by atoms with Crippen LogP contribution in [0.25, 0.3) is 0 Å². The third kappa shape index (κ3) is 5.49. The number of thiazole rings is 1. The normalized spacial score (nSPS) is 12.4. The van der Waals surface area contributed by atoms with Crippen molar-refractivity contribution in [2.75, 3.05) is 0 Å². The molecule has 1 heterocycles. The minimum Gasteiger partial charge on any atom is -0.307 e. The zero-order valence-electron chi connectivity index (χ0n) is 12.8. The predicted octanol–water partition coefficient (Wildman–Crippen LogP) is 4.18. The van der Waals surface area contributed by atoms with Crippen molar-refractivity contribution in [3.8, 4) is 0 Å². The van der Waals surface area contributed by atoms with Crippen LogP contribution in [0.1, 0.15) is 63.5 Å². The van der Waals surface area contributed by atoms with Crippen LogP contribution in [0.2, 0.25) is 0 Å². The second kappa shape index (κ2) is 6.67. The van der Waals surface area contributed by atoms with Gasteiger partial charge in [-0.25, -0.2) is 4.98 Å². The van der Waals surface area contributed by atoms with Crippen LogP contribution in [0.4, 0.5) is 0 Å². The highest BCUT2D eigenvalue weighted by molar-refractivity contribution is 7.11. The zero-order chi connectivity index (χ0) is 13.8. The van der Waals surface area contributed by atoms with Gasteiger partial charge in [0.25, 0.3) is 0 Å². The molecule has 0 aliphatic heterocycles. The summed E-state index contributed by atoms with van der Waals surface area (Å²) in [6.45, 7) is 14.3. The van der Waals surface area contributed by atoms with Crippen LogP contribution >= 0.6 is 11.3 Å². The van der Waals surface area contributed by atoms with Gasteiger partial charge in [0.2, 0.25) is 0 Å². The van der Waals surface area contributed by atoms with Crippen LogP contribution < -0.4 is 5.32 Å². The van der Waals surface area contributed by atoms with Crippen LogP contribution in [0, 0.1) is 5.92 Å². The fourth-order valence-electron chi connectivity index (χ4n) is 1.72. The Balaban J connectivity index is 2.66. The maximum Gasteiger partial charge on any atom is 0.0931 e. The fraction of sp³-hybridized carbons (Fsp3) is 0.800. The van der Waals surface area contributed by atoms with Crippen LogP contribution in [0.5, 0.6) is 0 Å². The van der Waals surface area contributed by atoms with E-state index in [0.29, 0.717) is 0 Å². The Morgan fingerprint density at radius 3 is 2.44 bits per heavy atom. The summed E-state index contributed by atoms with van der Waals surface area (Å²) in [5, 5.41) is 4.87. The lowest BCUT2D eigenvalue weighted by Gasteiger charge is -2.20. The molecule has 0 fully saturated rings. The monoisotopic (exact) mass is 268 g/mol. The SMILES string of the molecule is CCc1nc(CCC(C)C)sc1CNC(C)(C)C. The zero-order valence-corrected chi connectivity index (χ0v) is 13.6. The number of rotatable bonds is 6. The van der Waals surface area contributed by atoms with E-state index in [2.05, 4.69) is 46.9 Å². The first kappa shape index (κ1) is 15.6. The Hall–Kier alpha value is -0.410. The third-order valence-electron chi connectivity index (χ3n) is 2.87. The first-order valence-electron chi connectivity index (χ1n) is 7.04. The molecular formula is C15H28N2S. The molecule has 0 unspecified atom stereocenters. The molecule has 0 saturated carbocycles. The van der Waals surface area contributed by atoms with Gasteiger partial charge in [-0.1, -0.05) is 20.8 Å². The number of aromatic nitrogens is 1. The molecule has 0 aromatic carbocycles. The Morgan fingerprint density at radius 2 is 1.94 bits per heavy atom. The molecule has 2 nitrogen and oxygen atoms in total. The van der Waals surface area contributed by atoms with E-state index in [9.17, 15) is 0 Å². The summed E-state index contributed by atoms with van der Waals surface area (Å²) >= 11 is 1.89. The summed E-state index contributed by atoms with van der Waals surface area (Å²) in [5.41, 5.74) is 1.46. The van der Waals surface area contributed by atoms with E-state index in [1.807, 2.05) is 11.3 Å². The van der Waals surface area contributed by atoms with Crippen molar-refractivity contribution in [2.45, 2.75) is 72.9 Å². The van der Waals surface area contributed by atoms with Crippen molar-refractivity contribution in [2.24, 2.45) is 5.92 Å². The third-order valence-corrected chi connectivity index (χ3v) is 4.03. The van der Waals surface area contributed by atoms with Crippen molar-refractivity contribution in [1.82, 2.24) is 10.3 Å². The van der Waals surface area contributed by atoms with Gasteiger partial charge in [-0.3, -0.25) is 0 Å². The van der Waals surface area contributed by atoms with Gasteiger partial charge in [-0.15, -0.1) is 11.3 Å². The highest BCUT2D eigenvalue weighted by atomic mass is 32.1. The molecule has 0 bridgehead atoms. The lowest BCUT2D eigenvalue weighted by Crippen LogP contribution is -2.35. The predicted molar refractivity (Wildman–Crippen MR) is 81.2 cm³/mol. The molecule has 104 valence electrons. The maximum atomic E-state index is 4.78. The van der Waals surface area contributed by atoms with E-state index >= 15 is 0 Å². The lowest BCUT2D eigenvalue weighted by atomic mass is 10.1. The van der Waals surface area contributed by atoms with Gasteiger partial charge in [-0.05, 0) is 46.0 Å². The molecule has 0 spiro atoms. The second-order valence-corrected chi connectivity index (χ2v) is 7.54. The molecule has 1 aromatic rings. The summed E-state index contributed by atoms with van der Waals surface area (Å²) in [5.74, 6) is 0.759. The summed E-state index contributed by atoms with van der Waals surface area (Å²) < 4.78 is 0. The van der Waals surface area contributed by atoms with Crippen LogP contribution in [0.15, 0.2) is 0 Å². The van der Waals surface area contributed by atoms with Crippen molar-refractivity contribution in [3.05, 3.63) is 15.6 Å². The fourth-order valence-corrected chi connectivity index (χ4v) is 2.83. The molecule has 1 rings (SSSR count). The molecule has 1 aromatic heterocycles. The Morgan fingerprint density at radius 1 is 1.28 bits per heavy atom. The molecule has 0 aliphatic carbocycles. The largest absolute Gasteiger partial charge is 0.307 e. The second-order valence-electron chi connectivity index (χ2n) is 6.37. The minimum absolute atomic E-state index is 0.174. The number of nitrogens with one attached hydrogen (secondary N) is 1. The minimum atomic E-state index is 0.174. The maximum absolute atomic E-state index is 4.78. The van der Waals surface area contributed by atoms with Gasteiger partial charge < -0.3 is 5.32 Å². The van der Waals surface area contributed by atoms with Gasteiger partial charge in [0, 0.05) is 17.0 Å². The number of nitrogens with zero attached hydrogens (tertiary/aromatic N) is 1. The average molecular weight is 268 g/mol. The summed E-state index contributed by atoms with van der Waals surface area (Å²) in [7, 11) is 0. The number of hydrogen-bond acceptors (Lipinski definition) is 3. The summed E-state index contributed by atoms with van der Waals surface area (Å²) in [6.07, 6.45) is 3.41. The number of hydrogen-bond donors (Lipinski definition) is 1. The van der Waals surface area contributed by atoms with E-state index < -0.39 is 0 Å². The van der Waals surface area contributed by atoms with E-state index in [1.54, 1.807) is 0 Å². The van der Waals surface area contributed by atoms with Crippen molar-refractivity contribution in [3.63, 3.8) is 0 Å². The van der Waals surface area contributed by atoms with Crippen molar-refractivity contribution < 1.29 is 0 Å². The van der Waals surface area contributed by atoms with E-state index in [-0.39, 0.29) is 5.54 Å². The topological polar surface area (TPSA) is 24.9 Å². The first-order chi connectivity index (χ1) is 8.31. The molecule has 0 atom stereocenters. The molecule has 0 saturated heterocycles. The highest BCUT2D eigenvalue weighted by Crippen LogP contribution is 2.22. The first-order valence-corrected chi connectivity index (χ1v) is 7.86. The van der Waals surface area contributed by atoms with Crippen LogP contribution in [0.3, 0.4) is 0 Å². The molecule has 18 heavy (non-hydrogen) atoms. The van der Waals surface area contributed by atoms with E-state index in [1.165, 1.54) is 22.0 Å². The Kier molecular flexibility index (Phi) is 5.80. The van der Waals surface area contributed by atoms with Gasteiger partial charge in [0.15, 0.2) is 0 Å². The van der Waals surface area contributed by atoms with Gasteiger partial charge in [0.1, 0.15) is 0 Å². The van der Waals surface area contributed by atoms with E-state index in [4.69, 9.17) is 4.98 Å². The average Bonchev–Trinajstić information content (AvgIpc) is 2.65. The lowest BCUT2D eigenvalue weighted by molar-refractivity contribution is 0.425. The molecule has 0 radical (unpaired) electrons. The number of aryl methyl sites for hydroxylation is 2. The molecule has 1 N–H and O–H groups in total. The molecular weight excluding hydrogens is 240 g/mol. The van der Waals surface area contributed by atoms with Gasteiger partial charge in [0.05, 0.1) is 10.7 Å². The van der Waals surface area contributed by atoms with E-state index in [0.717, 1.165) is 25.3 Å². The van der Waals surface area contributed by atoms with Crippen molar-refractivity contribution in [1.29, 1.82) is 0 Å². The molecule has 3 heteroatoms. The highest BCUT2D eigenvalue weighted by Gasteiger charge is 2.14. The van der Waals surface area contributed by atoms with Crippen LogP contribution in [-0.4, -0.2) is 10.5 Å². The van der Waals surface area contributed by atoms with Crippen LogP contribution in [-0.2, 0) is 19.4 Å². The standard InChI is InChI=1S/C15H28N2S/c1-7-12-13(10-16-15(4,5)6)18-14(17-12)9-8-11(2)3/h11,16H,7-10H2,1-6H3. The smallest absolute Gasteiger partial charge is 0.0931 e. The van der Waals surface area contributed by atoms with Gasteiger partial charge >= 0.3 is 0 Å². The van der Waals surface area contributed by atoms with Crippen molar-refractivity contribution >= 4 is 11.3 Å². The Bertz CT molecular complexity index is 361. The molecule has 0 aliphatic rings. The Labute approximate surface area is 116 Å². The van der Waals surface area contributed by atoms with Gasteiger partial charge in [-0.2, -0.15) is 0 Å². The quantitative estimate of drug-likeness (QED) is 0.837.